The molecule has 100 valence electrons. The Balaban J connectivity index is 2.32. The van der Waals surface area contributed by atoms with Crippen LogP contribution in [0, 0.1) is 13.8 Å². The lowest BCUT2D eigenvalue weighted by Crippen LogP contribution is -2.51. The van der Waals surface area contributed by atoms with Gasteiger partial charge in [-0.15, -0.1) is 0 Å². The molecule has 1 aliphatic heterocycles. The summed E-state index contributed by atoms with van der Waals surface area (Å²) in [5.74, 6) is 0. The minimum Gasteiger partial charge on any atom is -0.312 e. The van der Waals surface area contributed by atoms with E-state index in [1.807, 2.05) is 26.8 Å². The number of rotatable bonds is 2. The smallest absolute Gasteiger partial charge is 0.243 e. The van der Waals surface area contributed by atoms with E-state index in [0.29, 0.717) is 24.5 Å². The summed E-state index contributed by atoms with van der Waals surface area (Å²) in [5, 5.41) is 3.25. The van der Waals surface area contributed by atoms with E-state index in [-0.39, 0.29) is 6.04 Å². The number of nitrogens with zero attached hydrogens (tertiary/aromatic N) is 1. The minimum absolute atomic E-state index is 0.208. The fraction of sp³-hybridized carbons (Fsp3) is 0.538. The number of hydrogen-bond donors (Lipinski definition) is 1. The first-order valence-electron chi connectivity index (χ1n) is 6.22. The van der Waals surface area contributed by atoms with E-state index in [1.165, 1.54) is 0 Å². The molecule has 0 unspecified atom stereocenters. The van der Waals surface area contributed by atoms with Crippen LogP contribution in [-0.2, 0) is 10.0 Å². The summed E-state index contributed by atoms with van der Waals surface area (Å²) in [6.07, 6.45) is 0. The molecule has 0 spiro atoms. The molecule has 1 aromatic rings. The highest BCUT2D eigenvalue weighted by Crippen LogP contribution is 2.20. The largest absolute Gasteiger partial charge is 0.312 e. The van der Waals surface area contributed by atoms with Crippen molar-refractivity contribution in [1.29, 1.82) is 0 Å². The van der Waals surface area contributed by atoms with Gasteiger partial charge in [0, 0.05) is 25.7 Å². The molecule has 2 rings (SSSR count). The van der Waals surface area contributed by atoms with E-state index in [1.54, 1.807) is 16.4 Å². The van der Waals surface area contributed by atoms with Crippen LogP contribution in [0.3, 0.4) is 0 Å². The Labute approximate surface area is 109 Å². The van der Waals surface area contributed by atoms with Crippen molar-refractivity contribution < 1.29 is 8.42 Å². The Morgan fingerprint density at radius 2 is 2.00 bits per heavy atom. The molecule has 1 aromatic carbocycles. The van der Waals surface area contributed by atoms with Gasteiger partial charge in [-0.2, -0.15) is 4.31 Å². The number of benzene rings is 1. The molecule has 0 bridgehead atoms. The zero-order valence-corrected chi connectivity index (χ0v) is 11.9. The standard InChI is InChI=1S/C13H20N2O2S/c1-10-4-5-13(8-11(10)2)18(16,17)15-7-6-14-12(3)9-15/h4-5,8,12,14H,6-7,9H2,1-3H3/t12-/m1/s1. The van der Waals surface area contributed by atoms with E-state index >= 15 is 0 Å². The second kappa shape index (κ2) is 4.99. The minimum atomic E-state index is -3.34. The lowest BCUT2D eigenvalue weighted by molar-refractivity contribution is 0.310. The lowest BCUT2D eigenvalue weighted by Gasteiger charge is -2.31. The van der Waals surface area contributed by atoms with Crippen LogP contribution in [0.2, 0.25) is 0 Å². The predicted molar refractivity (Wildman–Crippen MR) is 72.1 cm³/mol. The molecule has 1 saturated heterocycles. The molecule has 1 aliphatic rings. The Morgan fingerprint density at radius 3 is 2.61 bits per heavy atom. The highest BCUT2D eigenvalue weighted by Gasteiger charge is 2.28. The highest BCUT2D eigenvalue weighted by atomic mass is 32.2. The normalized spacial score (nSPS) is 22.1. The summed E-state index contributed by atoms with van der Waals surface area (Å²) < 4.78 is 26.6. The maximum Gasteiger partial charge on any atom is 0.243 e. The van der Waals surface area contributed by atoms with Crippen LogP contribution in [0.5, 0.6) is 0 Å². The molecule has 1 heterocycles. The second-order valence-electron chi connectivity index (χ2n) is 4.96. The van der Waals surface area contributed by atoms with Gasteiger partial charge in [0.1, 0.15) is 0 Å². The summed E-state index contributed by atoms with van der Waals surface area (Å²) in [6, 6.07) is 5.54. The van der Waals surface area contributed by atoms with Crippen molar-refractivity contribution in [3.63, 3.8) is 0 Å². The number of piperazine rings is 1. The lowest BCUT2D eigenvalue weighted by atomic mass is 10.1. The van der Waals surface area contributed by atoms with Gasteiger partial charge in [0.2, 0.25) is 10.0 Å². The van der Waals surface area contributed by atoms with Gasteiger partial charge in [-0.1, -0.05) is 6.07 Å². The molecule has 0 aromatic heterocycles. The Morgan fingerprint density at radius 1 is 1.28 bits per heavy atom. The summed E-state index contributed by atoms with van der Waals surface area (Å²) >= 11 is 0. The second-order valence-corrected chi connectivity index (χ2v) is 6.90. The van der Waals surface area contributed by atoms with Crippen molar-refractivity contribution in [2.24, 2.45) is 0 Å². The van der Waals surface area contributed by atoms with E-state index in [9.17, 15) is 8.42 Å². The summed E-state index contributed by atoms with van der Waals surface area (Å²) in [5.41, 5.74) is 2.13. The average Bonchev–Trinajstić information content (AvgIpc) is 2.32. The highest BCUT2D eigenvalue weighted by molar-refractivity contribution is 7.89. The average molecular weight is 268 g/mol. The number of nitrogens with one attached hydrogen (secondary N) is 1. The van der Waals surface area contributed by atoms with Crippen molar-refractivity contribution >= 4 is 10.0 Å². The van der Waals surface area contributed by atoms with E-state index in [2.05, 4.69) is 5.32 Å². The predicted octanol–water partition coefficient (Wildman–Crippen LogP) is 1.29. The number of aryl methyl sites for hydroxylation is 2. The van der Waals surface area contributed by atoms with Gasteiger partial charge in [-0.25, -0.2) is 8.42 Å². The molecule has 4 nitrogen and oxygen atoms in total. The van der Waals surface area contributed by atoms with Gasteiger partial charge in [0.15, 0.2) is 0 Å². The molecule has 0 aliphatic carbocycles. The summed E-state index contributed by atoms with van der Waals surface area (Å²) in [7, 11) is -3.34. The quantitative estimate of drug-likeness (QED) is 0.879. The molecule has 1 N–H and O–H groups in total. The van der Waals surface area contributed by atoms with E-state index < -0.39 is 10.0 Å². The first-order chi connectivity index (χ1) is 8.41. The first kappa shape index (κ1) is 13.5. The van der Waals surface area contributed by atoms with Crippen LogP contribution in [0.1, 0.15) is 18.1 Å². The molecular formula is C13H20N2O2S. The van der Waals surface area contributed by atoms with Gasteiger partial charge in [0.05, 0.1) is 4.90 Å². The third kappa shape index (κ3) is 2.58. The maximum atomic E-state index is 12.5. The van der Waals surface area contributed by atoms with Gasteiger partial charge in [0.25, 0.3) is 0 Å². The Hall–Kier alpha value is -0.910. The summed E-state index contributed by atoms with van der Waals surface area (Å²) in [6.45, 7) is 7.72. The Kier molecular flexibility index (Phi) is 3.75. The van der Waals surface area contributed by atoms with Gasteiger partial charge in [-0.3, -0.25) is 0 Å². The van der Waals surface area contributed by atoms with Crippen molar-refractivity contribution in [3.05, 3.63) is 29.3 Å². The van der Waals surface area contributed by atoms with Crippen molar-refractivity contribution in [2.45, 2.75) is 31.7 Å². The maximum absolute atomic E-state index is 12.5. The summed E-state index contributed by atoms with van der Waals surface area (Å²) in [4.78, 5) is 0.403. The molecular weight excluding hydrogens is 248 g/mol. The van der Waals surface area contributed by atoms with Crippen molar-refractivity contribution in [1.82, 2.24) is 9.62 Å². The van der Waals surface area contributed by atoms with Crippen LogP contribution in [0.25, 0.3) is 0 Å². The van der Waals surface area contributed by atoms with Crippen LogP contribution < -0.4 is 5.32 Å². The number of sulfonamides is 1. The van der Waals surface area contributed by atoms with Gasteiger partial charge in [-0.05, 0) is 44.0 Å². The number of hydrogen-bond acceptors (Lipinski definition) is 3. The molecule has 0 radical (unpaired) electrons. The van der Waals surface area contributed by atoms with Crippen LogP contribution >= 0.6 is 0 Å². The van der Waals surface area contributed by atoms with Crippen LogP contribution in [-0.4, -0.2) is 38.4 Å². The van der Waals surface area contributed by atoms with E-state index in [0.717, 1.165) is 11.1 Å². The fourth-order valence-corrected chi connectivity index (χ4v) is 3.75. The molecule has 0 saturated carbocycles. The van der Waals surface area contributed by atoms with E-state index in [4.69, 9.17) is 0 Å². The van der Waals surface area contributed by atoms with Crippen LogP contribution in [0.15, 0.2) is 23.1 Å². The third-order valence-electron chi connectivity index (χ3n) is 3.45. The SMILES string of the molecule is Cc1ccc(S(=O)(=O)N2CCN[C@H](C)C2)cc1C. The van der Waals surface area contributed by atoms with Crippen LogP contribution in [0.4, 0.5) is 0 Å². The van der Waals surface area contributed by atoms with Crippen molar-refractivity contribution in [3.8, 4) is 0 Å². The molecule has 5 heteroatoms. The molecule has 18 heavy (non-hydrogen) atoms. The zero-order valence-electron chi connectivity index (χ0n) is 11.1. The van der Waals surface area contributed by atoms with Gasteiger partial charge < -0.3 is 5.32 Å². The van der Waals surface area contributed by atoms with Crippen molar-refractivity contribution in [2.75, 3.05) is 19.6 Å². The molecule has 0 amide bonds. The first-order valence-corrected chi connectivity index (χ1v) is 7.66. The van der Waals surface area contributed by atoms with Gasteiger partial charge >= 0.3 is 0 Å². The zero-order chi connectivity index (χ0) is 13.3. The molecule has 1 fully saturated rings. The fourth-order valence-electron chi connectivity index (χ4n) is 2.14. The Bertz CT molecular complexity index is 540. The third-order valence-corrected chi connectivity index (χ3v) is 5.31. The molecule has 1 atom stereocenters. The topological polar surface area (TPSA) is 49.4 Å². The monoisotopic (exact) mass is 268 g/mol.